The van der Waals surface area contributed by atoms with Gasteiger partial charge in [-0.15, -0.1) is 0 Å². The lowest BCUT2D eigenvalue weighted by atomic mass is 10.1. The number of anilines is 1. The first-order chi connectivity index (χ1) is 8.49. The molecule has 0 spiro atoms. The number of amidine groups is 1. The van der Waals surface area contributed by atoms with E-state index in [0.29, 0.717) is 6.04 Å². The van der Waals surface area contributed by atoms with Crippen LogP contribution in [-0.4, -0.2) is 31.1 Å². The molecule has 0 bridgehead atoms. The van der Waals surface area contributed by atoms with E-state index in [9.17, 15) is 0 Å². The van der Waals surface area contributed by atoms with Crippen molar-refractivity contribution in [2.45, 2.75) is 32.9 Å². The predicted molar refractivity (Wildman–Crippen MR) is 74.4 cm³/mol. The largest absolute Gasteiger partial charge is 0.384 e. The Morgan fingerprint density at radius 1 is 1.44 bits per heavy atom. The number of rotatable bonds is 2. The van der Waals surface area contributed by atoms with Gasteiger partial charge in [-0.1, -0.05) is 0 Å². The van der Waals surface area contributed by atoms with Crippen LogP contribution in [0.1, 0.15) is 25.0 Å². The number of hydrogen-bond donors (Lipinski definition) is 2. The first kappa shape index (κ1) is 12.9. The van der Waals surface area contributed by atoms with Crippen molar-refractivity contribution < 1.29 is 4.74 Å². The SMILES string of the molecule is Cc1cc(N2CC(C)OCC2C)ccc1C(=N)N. The average molecular weight is 247 g/mol. The van der Waals surface area contributed by atoms with Gasteiger partial charge in [0.05, 0.1) is 12.7 Å². The number of aryl methyl sites for hydroxylation is 1. The molecule has 4 nitrogen and oxygen atoms in total. The van der Waals surface area contributed by atoms with Crippen LogP contribution in [0.15, 0.2) is 18.2 Å². The molecule has 0 radical (unpaired) electrons. The summed E-state index contributed by atoms with van der Waals surface area (Å²) in [4.78, 5) is 2.35. The molecule has 1 aliphatic heterocycles. The fraction of sp³-hybridized carbons (Fsp3) is 0.500. The molecule has 2 unspecified atom stereocenters. The van der Waals surface area contributed by atoms with Crippen molar-refractivity contribution in [2.75, 3.05) is 18.1 Å². The predicted octanol–water partition coefficient (Wildman–Crippen LogP) is 1.89. The van der Waals surface area contributed by atoms with Crippen LogP contribution >= 0.6 is 0 Å². The lowest BCUT2D eigenvalue weighted by Gasteiger charge is -2.38. The van der Waals surface area contributed by atoms with Gasteiger partial charge in [0.25, 0.3) is 0 Å². The van der Waals surface area contributed by atoms with Crippen molar-refractivity contribution in [1.29, 1.82) is 5.41 Å². The summed E-state index contributed by atoms with van der Waals surface area (Å²) in [5.41, 5.74) is 8.58. The molecule has 0 aliphatic carbocycles. The second-order valence-corrected chi connectivity index (χ2v) is 5.06. The maximum Gasteiger partial charge on any atom is 0.123 e. The van der Waals surface area contributed by atoms with Crippen LogP contribution in [0.2, 0.25) is 0 Å². The fourth-order valence-corrected chi connectivity index (χ4v) is 2.39. The lowest BCUT2D eigenvalue weighted by molar-refractivity contribution is 0.0344. The second-order valence-electron chi connectivity index (χ2n) is 5.06. The van der Waals surface area contributed by atoms with Crippen molar-refractivity contribution in [3.63, 3.8) is 0 Å². The molecule has 1 saturated heterocycles. The molecule has 3 N–H and O–H groups in total. The summed E-state index contributed by atoms with van der Waals surface area (Å²) in [7, 11) is 0. The third kappa shape index (κ3) is 2.48. The minimum absolute atomic E-state index is 0.127. The summed E-state index contributed by atoms with van der Waals surface area (Å²) in [5, 5.41) is 7.51. The van der Waals surface area contributed by atoms with Gasteiger partial charge in [0.1, 0.15) is 5.84 Å². The standard InChI is InChI=1S/C14H21N3O/c1-9-6-12(4-5-13(9)14(15)16)17-7-11(3)18-8-10(17)2/h4-6,10-11H,7-8H2,1-3H3,(H3,15,16). The first-order valence-electron chi connectivity index (χ1n) is 6.32. The van der Waals surface area contributed by atoms with Crippen molar-refractivity contribution in [3.05, 3.63) is 29.3 Å². The molecule has 98 valence electrons. The molecule has 1 fully saturated rings. The van der Waals surface area contributed by atoms with Gasteiger partial charge in [0.2, 0.25) is 0 Å². The zero-order chi connectivity index (χ0) is 13.3. The molecule has 1 aliphatic rings. The summed E-state index contributed by atoms with van der Waals surface area (Å²) < 4.78 is 5.64. The lowest BCUT2D eigenvalue weighted by Crippen LogP contribution is -2.47. The molecule has 0 saturated carbocycles. The molecule has 1 aromatic rings. The topological polar surface area (TPSA) is 62.3 Å². The van der Waals surface area contributed by atoms with Crippen molar-refractivity contribution in [3.8, 4) is 0 Å². The molecule has 4 heteroatoms. The van der Waals surface area contributed by atoms with Gasteiger partial charge in [-0.05, 0) is 44.5 Å². The molecule has 18 heavy (non-hydrogen) atoms. The molecule has 1 heterocycles. The Hall–Kier alpha value is -1.55. The summed E-state index contributed by atoms with van der Waals surface area (Å²) >= 11 is 0. The van der Waals surface area contributed by atoms with Gasteiger partial charge in [-0.3, -0.25) is 5.41 Å². The number of nitrogen functional groups attached to an aromatic ring is 1. The van der Waals surface area contributed by atoms with Crippen LogP contribution in [0.25, 0.3) is 0 Å². The van der Waals surface area contributed by atoms with Crippen LogP contribution < -0.4 is 10.6 Å². The fourth-order valence-electron chi connectivity index (χ4n) is 2.39. The number of hydrogen-bond acceptors (Lipinski definition) is 3. The Bertz CT molecular complexity index is 458. The molecule has 0 aromatic heterocycles. The van der Waals surface area contributed by atoms with E-state index in [-0.39, 0.29) is 11.9 Å². The zero-order valence-corrected chi connectivity index (χ0v) is 11.2. The summed E-state index contributed by atoms with van der Waals surface area (Å²) in [6, 6.07) is 6.45. The second kappa shape index (κ2) is 4.98. The summed E-state index contributed by atoms with van der Waals surface area (Å²) in [6.45, 7) is 7.92. The van der Waals surface area contributed by atoms with Crippen molar-refractivity contribution >= 4 is 11.5 Å². The van der Waals surface area contributed by atoms with E-state index < -0.39 is 0 Å². The quantitative estimate of drug-likeness (QED) is 0.619. The van der Waals surface area contributed by atoms with E-state index in [2.05, 4.69) is 24.8 Å². The van der Waals surface area contributed by atoms with Gasteiger partial charge >= 0.3 is 0 Å². The van der Waals surface area contributed by atoms with Crippen LogP contribution in [0.5, 0.6) is 0 Å². The third-order valence-corrected chi connectivity index (χ3v) is 3.44. The smallest absolute Gasteiger partial charge is 0.123 e. The zero-order valence-electron chi connectivity index (χ0n) is 11.2. The van der Waals surface area contributed by atoms with Crippen molar-refractivity contribution in [2.24, 2.45) is 5.73 Å². The maximum absolute atomic E-state index is 7.51. The van der Waals surface area contributed by atoms with Gasteiger partial charge in [0, 0.05) is 23.8 Å². The Morgan fingerprint density at radius 2 is 2.17 bits per heavy atom. The Morgan fingerprint density at radius 3 is 2.78 bits per heavy atom. The third-order valence-electron chi connectivity index (χ3n) is 3.44. The Kier molecular flexibility index (Phi) is 3.57. The van der Waals surface area contributed by atoms with Gasteiger partial charge in [-0.2, -0.15) is 0 Å². The number of morpholine rings is 1. The minimum atomic E-state index is 0.127. The van der Waals surface area contributed by atoms with Crippen LogP contribution in [-0.2, 0) is 4.74 Å². The molecule has 2 atom stereocenters. The van der Waals surface area contributed by atoms with E-state index in [4.69, 9.17) is 15.9 Å². The van der Waals surface area contributed by atoms with Gasteiger partial charge in [-0.25, -0.2) is 0 Å². The van der Waals surface area contributed by atoms with Crippen LogP contribution in [0.3, 0.4) is 0 Å². The minimum Gasteiger partial charge on any atom is -0.384 e. The highest BCUT2D eigenvalue weighted by atomic mass is 16.5. The summed E-state index contributed by atoms with van der Waals surface area (Å²) in [5.74, 6) is 0.127. The molecule has 2 rings (SSSR count). The van der Waals surface area contributed by atoms with E-state index in [0.717, 1.165) is 24.3 Å². The van der Waals surface area contributed by atoms with Gasteiger partial charge < -0.3 is 15.4 Å². The monoisotopic (exact) mass is 247 g/mol. The number of ether oxygens (including phenoxy) is 1. The number of nitrogens with one attached hydrogen (secondary N) is 1. The highest BCUT2D eigenvalue weighted by Crippen LogP contribution is 2.24. The van der Waals surface area contributed by atoms with E-state index in [1.165, 1.54) is 5.69 Å². The van der Waals surface area contributed by atoms with Crippen LogP contribution in [0.4, 0.5) is 5.69 Å². The van der Waals surface area contributed by atoms with Gasteiger partial charge in [0.15, 0.2) is 0 Å². The molecular formula is C14H21N3O. The summed E-state index contributed by atoms with van der Waals surface area (Å²) in [6.07, 6.45) is 0.258. The van der Waals surface area contributed by atoms with Crippen LogP contribution in [0, 0.1) is 12.3 Å². The highest BCUT2D eigenvalue weighted by Gasteiger charge is 2.23. The number of nitrogens with two attached hydrogens (primary N) is 1. The van der Waals surface area contributed by atoms with Crippen molar-refractivity contribution in [1.82, 2.24) is 0 Å². The molecular weight excluding hydrogens is 226 g/mol. The normalized spacial score (nSPS) is 24.1. The number of nitrogens with zero attached hydrogens (tertiary/aromatic N) is 1. The van der Waals surface area contributed by atoms with E-state index in [1.54, 1.807) is 0 Å². The molecule has 0 amide bonds. The maximum atomic E-state index is 7.51. The first-order valence-corrected chi connectivity index (χ1v) is 6.32. The Labute approximate surface area is 108 Å². The van der Waals surface area contributed by atoms with E-state index >= 15 is 0 Å². The number of benzene rings is 1. The average Bonchev–Trinajstić information content (AvgIpc) is 2.31. The van der Waals surface area contributed by atoms with E-state index in [1.807, 2.05) is 19.1 Å². The Balaban J connectivity index is 2.28. The highest BCUT2D eigenvalue weighted by molar-refractivity contribution is 5.96. The molecule has 1 aromatic carbocycles.